The predicted molar refractivity (Wildman–Crippen MR) is 85.4 cm³/mol. The van der Waals surface area contributed by atoms with Gasteiger partial charge in [-0.3, -0.25) is 4.90 Å². The van der Waals surface area contributed by atoms with Crippen molar-refractivity contribution in [2.24, 2.45) is 5.92 Å². The van der Waals surface area contributed by atoms with E-state index < -0.39 is 10.0 Å². The summed E-state index contributed by atoms with van der Waals surface area (Å²) in [5.74, 6) is 1.37. The predicted octanol–water partition coefficient (Wildman–Crippen LogP) is 0.903. The Kier molecular flexibility index (Phi) is 4.78. The molecule has 1 spiro atoms. The van der Waals surface area contributed by atoms with Crippen molar-refractivity contribution < 1.29 is 17.7 Å². The molecule has 8 heteroatoms. The summed E-state index contributed by atoms with van der Waals surface area (Å²) < 4.78 is 36.8. The van der Waals surface area contributed by atoms with Gasteiger partial charge in [-0.1, -0.05) is 5.16 Å². The van der Waals surface area contributed by atoms with Gasteiger partial charge in [0.15, 0.2) is 0 Å². The number of likely N-dealkylation sites (tertiary alicyclic amines) is 1. The molecule has 2 aliphatic heterocycles. The van der Waals surface area contributed by atoms with Crippen LogP contribution in [0.2, 0.25) is 0 Å². The average Bonchev–Trinajstić information content (AvgIpc) is 3.06. The monoisotopic (exact) mass is 343 g/mol. The number of hydrogen-bond acceptors (Lipinski definition) is 6. The molecule has 3 rings (SSSR count). The molecule has 0 saturated carbocycles. The molecular formula is C15H25N3O4S. The van der Waals surface area contributed by atoms with Gasteiger partial charge in [-0.05, 0) is 32.6 Å². The minimum Gasteiger partial charge on any atom is -0.372 e. The highest BCUT2D eigenvalue weighted by Crippen LogP contribution is 2.41. The van der Waals surface area contributed by atoms with Crippen molar-refractivity contribution >= 4 is 10.0 Å². The number of aryl methyl sites for hydroxylation is 1. The lowest BCUT2D eigenvalue weighted by Gasteiger charge is -2.50. The molecule has 1 aromatic heterocycles. The molecule has 3 heterocycles. The second-order valence-electron chi connectivity index (χ2n) is 6.56. The van der Waals surface area contributed by atoms with E-state index in [1.165, 1.54) is 0 Å². The number of aromatic nitrogens is 1. The van der Waals surface area contributed by atoms with Crippen molar-refractivity contribution in [1.29, 1.82) is 0 Å². The largest absolute Gasteiger partial charge is 0.372 e. The topological polar surface area (TPSA) is 84.7 Å². The fourth-order valence-corrected chi connectivity index (χ4v) is 4.21. The van der Waals surface area contributed by atoms with E-state index in [-0.39, 0.29) is 11.4 Å². The van der Waals surface area contributed by atoms with Crippen molar-refractivity contribution in [3.05, 3.63) is 17.5 Å². The fourth-order valence-electron chi connectivity index (χ4n) is 3.58. The molecule has 23 heavy (non-hydrogen) atoms. The third-order valence-electron chi connectivity index (χ3n) is 4.84. The maximum Gasteiger partial charge on any atom is 0.211 e. The Hall–Kier alpha value is -0.960. The van der Waals surface area contributed by atoms with Crippen molar-refractivity contribution in [3.63, 3.8) is 0 Å². The lowest BCUT2D eigenvalue weighted by molar-refractivity contribution is -0.137. The maximum absolute atomic E-state index is 11.5. The zero-order chi connectivity index (χ0) is 16.5. The lowest BCUT2D eigenvalue weighted by atomic mass is 9.79. The van der Waals surface area contributed by atoms with Gasteiger partial charge in [-0.15, -0.1) is 0 Å². The summed E-state index contributed by atoms with van der Waals surface area (Å²) >= 11 is 0. The van der Waals surface area contributed by atoms with Crippen molar-refractivity contribution in [2.45, 2.75) is 38.8 Å². The molecule has 0 aromatic carbocycles. The second-order valence-corrected chi connectivity index (χ2v) is 8.65. The van der Waals surface area contributed by atoms with Crippen molar-refractivity contribution in [3.8, 4) is 0 Å². The van der Waals surface area contributed by atoms with Crippen LogP contribution in [0.15, 0.2) is 10.6 Å². The van der Waals surface area contributed by atoms with E-state index in [1.807, 2.05) is 13.0 Å². The van der Waals surface area contributed by atoms with E-state index in [1.54, 1.807) is 6.92 Å². The molecule has 2 fully saturated rings. The Morgan fingerprint density at radius 1 is 1.48 bits per heavy atom. The van der Waals surface area contributed by atoms with Crippen LogP contribution in [0.5, 0.6) is 0 Å². The van der Waals surface area contributed by atoms with Gasteiger partial charge in [0, 0.05) is 38.9 Å². The van der Waals surface area contributed by atoms with E-state index in [0.29, 0.717) is 12.5 Å². The summed E-state index contributed by atoms with van der Waals surface area (Å²) in [6.07, 6.45) is 1.83. The van der Waals surface area contributed by atoms with Gasteiger partial charge < -0.3 is 9.26 Å². The summed E-state index contributed by atoms with van der Waals surface area (Å²) in [5.41, 5.74) is 0.846. The molecule has 0 radical (unpaired) electrons. The minimum absolute atomic E-state index is 0.101. The second kappa shape index (κ2) is 6.51. The highest BCUT2D eigenvalue weighted by Gasteiger charge is 2.52. The number of ether oxygens (including phenoxy) is 1. The first-order valence-corrected chi connectivity index (χ1v) is 9.83. The standard InChI is InChI=1S/C15H25N3O4S/c1-3-23(19,20)16-6-4-13-5-7-21-15(13)10-18(11-15)9-14-8-12(2)22-17-14/h8,13,16H,3-7,9-11H2,1-2H3. The van der Waals surface area contributed by atoms with E-state index >= 15 is 0 Å². The number of rotatable bonds is 7. The van der Waals surface area contributed by atoms with Crippen LogP contribution in [0.4, 0.5) is 0 Å². The number of sulfonamides is 1. The Morgan fingerprint density at radius 2 is 2.26 bits per heavy atom. The van der Waals surface area contributed by atoms with Gasteiger partial charge in [-0.2, -0.15) is 0 Å². The van der Waals surface area contributed by atoms with Crippen LogP contribution in [0.25, 0.3) is 0 Å². The lowest BCUT2D eigenvalue weighted by Crippen LogP contribution is -2.64. The zero-order valence-corrected chi connectivity index (χ0v) is 14.6. The Bertz CT molecular complexity index is 637. The van der Waals surface area contributed by atoms with Gasteiger partial charge in [0.05, 0.1) is 17.0 Å². The number of nitrogens with zero attached hydrogens (tertiary/aromatic N) is 2. The number of hydrogen-bond donors (Lipinski definition) is 1. The summed E-state index contributed by atoms with van der Waals surface area (Å²) in [5, 5.41) is 4.02. The van der Waals surface area contributed by atoms with Gasteiger partial charge >= 0.3 is 0 Å². The van der Waals surface area contributed by atoms with Crippen LogP contribution < -0.4 is 4.72 Å². The number of nitrogens with one attached hydrogen (secondary N) is 1. The van der Waals surface area contributed by atoms with Crippen LogP contribution in [0.3, 0.4) is 0 Å². The summed E-state index contributed by atoms with van der Waals surface area (Å²) in [7, 11) is -3.11. The van der Waals surface area contributed by atoms with E-state index in [0.717, 1.165) is 50.5 Å². The molecule has 2 aliphatic rings. The molecule has 7 nitrogen and oxygen atoms in total. The van der Waals surface area contributed by atoms with Gasteiger partial charge in [0.2, 0.25) is 10.0 Å². The molecule has 1 atom stereocenters. The highest BCUT2D eigenvalue weighted by molar-refractivity contribution is 7.89. The molecule has 0 bridgehead atoms. The molecule has 2 saturated heterocycles. The zero-order valence-electron chi connectivity index (χ0n) is 13.7. The third-order valence-corrected chi connectivity index (χ3v) is 6.24. The third kappa shape index (κ3) is 3.76. The first kappa shape index (κ1) is 16.9. The fraction of sp³-hybridized carbons (Fsp3) is 0.800. The van der Waals surface area contributed by atoms with Gasteiger partial charge in [-0.25, -0.2) is 13.1 Å². The van der Waals surface area contributed by atoms with Gasteiger partial charge in [0.25, 0.3) is 0 Å². The van der Waals surface area contributed by atoms with Crippen molar-refractivity contribution in [1.82, 2.24) is 14.8 Å². The first-order chi connectivity index (χ1) is 10.9. The van der Waals surface area contributed by atoms with Crippen LogP contribution in [0, 0.1) is 12.8 Å². The quantitative estimate of drug-likeness (QED) is 0.792. The minimum atomic E-state index is -3.11. The van der Waals surface area contributed by atoms with Crippen LogP contribution >= 0.6 is 0 Å². The molecule has 1 aromatic rings. The summed E-state index contributed by atoms with van der Waals surface area (Å²) in [4.78, 5) is 2.30. The van der Waals surface area contributed by atoms with Gasteiger partial charge in [0.1, 0.15) is 5.76 Å². The molecule has 1 unspecified atom stereocenters. The first-order valence-electron chi connectivity index (χ1n) is 8.18. The molecule has 1 N–H and O–H groups in total. The summed E-state index contributed by atoms with van der Waals surface area (Å²) in [6.45, 7) is 7.34. The van der Waals surface area contributed by atoms with E-state index in [2.05, 4.69) is 14.8 Å². The van der Waals surface area contributed by atoms with E-state index in [4.69, 9.17) is 9.26 Å². The van der Waals surface area contributed by atoms with Crippen LogP contribution in [-0.2, 0) is 21.3 Å². The normalized spacial score (nSPS) is 24.2. The van der Waals surface area contributed by atoms with Crippen LogP contribution in [0.1, 0.15) is 31.2 Å². The van der Waals surface area contributed by atoms with E-state index in [9.17, 15) is 8.42 Å². The molecular weight excluding hydrogens is 318 g/mol. The Morgan fingerprint density at radius 3 is 2.91 bits per heavy atom. The van der Waals surface area contributed by atoms with Crippen molar-refractivity contribution in [2.75, 3.05) is 32.0 Å². The smallest absolute Gasteiger partial charge is 0.211 e. The Labute approximate surface area is 137 Å². The Balaban J connectivity index is 1.48. The summed E-state index contributed by atoms with van der Waals surface area (Å²) in [6, 6.07) is 1.96. The molecule has 0 amide bonds. The van der Waals surface area contributed by atoms with Crippen LogP contribution in [-0.4, -0.2) is 56.1 Å². The average molecular weight is 343 g/mol. The molecule has 130 valence electrons. The SMILES string of the molecule is CCS(=O)(=O)NCCC1CCOC12CN(Cc1cc(C)on1)C2. The molecule has 0 aliphatic carbocycles. The highest BCUT2D eigenvalue weighted by atomic mass is 32.2. The maximum atomic E-state index is 11.5.